The molecule has 0 spiro atoms. The summed E-state index contributed by atoms with van der Waals surface area (Å²) in [5.74, 6) is 1.51. The summed E-state index contributed by atoms with van der Waals surface area (Å²) in [6, 6.07) is 0. The molecule has 1 atom stereocenters. The highest BCUT2D eigenvalue weighted by Crippen LogP contribution is 2.51. The summed E-state index contributed by atoms with van der Waals surface area (Å²) in [5.41, 5.74) is 0.482. The first-order valence-corrected chi connectivity index (χ1v) is 6.07. The smallest absolute Gasteiger partial charge is 0.148 e. The molecule has 1 aliphatic carbocycles. The molecule has 82 valence electrons. The molecule has 0 radical (unpaired) electrons. The molecule has 1 fully saturated rings. The van der Waals surface area contributed by atoms with E-state index in [4.69, 9.17) is 11.6 Å². The Morgan fingerprint density at radius 2 is 2.27 bits per heavy atom. The predicted octanol–water partition coefficient (Wildman–Crippen LogP) is 3.35. The molecular weight excluding hydrogens is 277 g/mol. The zero-order valence-electron chi connectivity index (χ0n) is 8.72. The van der Waals surface area contributed by atoms with Crippen LogP contribution in [0, 0.1) is 11.3 Å². The Labute approximate surface area is 103 Å². The Morgan fingerprint density at radius 3 is 2.87 bits per heavy atom. The van der Waals surface area contributed by atoms with Gasteiger partial charge in [0.15, 0.2) is 0 Å². The normalized spacial score (nSPS) is 22.5. The molecule has 1 aromatic heterocycles. The van der Waals surface area contributed by atoms with Gasteiger partial charge in [-0.15, -0.1) is 0 Å². The van der Waals surface area contributed by atoms with Gasteiger partial charge in [0, 0.05) is 6.54 Å². The lowest BCUT2D eigenvalue weighted by Gasteiger charge is -2.08. The van der Waals surface area contributed by atoms with Crippen molar-refractivity contribution in [2.75, 3.05) is 11.9 Å². The summed E-state index contributed by atoms with van der Waals surface area (Å²) in [7, 11) is 0. The molecule has 2 rings (SSSR count). The van der Waals surface area contributed by atoms with Crippen molar-refractivity contribution in [2.24, 2.45) is 11.3 Å². The SMILES string of the molecule is CC1(C)CC1CNc1ncnc(Cl)c1Br. The van der Waals surface area contributed by atoms with Crippen LogP contribution >= 0.6 is 27.5 Å². The average molecular weight is 291 g/mol. The van der Waals surface area contributed by atoms with Crippen LogP contribution in [0.4, 0.5) is 5.82 Å². The van der Waals surface area contributed by atoms with Crippen molar-refractivity contribution in [2.45, 2.75) is 20.3 Å². The zero-order chi connectivity index (χ0) is 11.1. The summed E-state index contributed by atoms with van der Waals surface area (Å²) < 4.78 is 0.741. The predicted molar refractivity (Wildman–Crippen MR) is 65.1 cm³/mol. The van der Waals surface area contributed by atoms with E-state index < -0.39 is 0 Å². The standard InChI is InChI=1S/C10H13BrClN3/c1-10(2)3-6(10)4-13-9-7(11)8(12)14-5-15-9/h5-6H,3-4H2,1-2H3,(H,13,14,15). The Hall–Kier alpha value is -0.350. The molecule has 1 N–H and O–H groups in total. The van der Waals surface area contributed by atoms with Crippen LogP contribution < -0.4 is 5.32 Å². The largest absolute Gasteiger partial charge is 0.369 e. The lowest BCUT2D eigenvalue weighted by Crippen LogP contribution is -2.09. The van der Waals surface area contributed by atoms with Crippen molar-refractivity contribution in [1.29, 1.82) is 0 Å². The molecule has 0 aliphatic heterocycles. The molecule has 0 amide bonds. The van der Waals surface area contributed by atoms with Gasteiger partial charge < -0.3 is 5.32 Å². The number of hydrogen-bond donors (Lipinski definition) is 1. The van der Waals surface area contributed by atoms with Crippen LogP contribution in [0.3, 0.4) is 0 Å². The lowest BCUT2D eigenvalue weighted by atomic mass is 10.1. The van der Waals surface area contributed by atoms with Crippen LogP contribution in [0.2, 0.25) is 5.15 Å². The number of hydrogen-bond acceptors (Lipinski definition) is 3. The molecular formula is C10H13BrClN3. The van der Waals surface area contributed by atoms with Crippen molar-refractivity contribution in [3.63, 3.8) is 0 Å². The van der Waals surface area contributed by atoms with E-state index in [9.17, 15) is 0 Å². The molecule has 1 unspecified atom stereocenters. The summed E-state index contributed by atoms with van der Waals surface area (Å²) in [4.78, 5) is 8.01. The van der Waals surface area contributed by atoms with E-state index >= 15 is 0 Å². The van der Waals surface area contributed by atoms with E-state index in [2.05, 4.69) is 45.1 Å². The Balaban J connectivity index is 1.97. The minimum absolute atomic E-state index is 0.447. The van der Waals surface area contributed by atoms with Crippen LogP contribution in [-0.2, 0) is 0 Å². The second-order valence-corrected chi connectivity index (χ2v) is 5.75. The van der Waals surface area contributed by atoms with Gasteiger partial charge in [0.1, 0.15) is 17.3 Å². The van der Waals surface area contributed by atoms with Gasteiger partial charge >= 0.3 is 0 Å². The molecule has 15 heavy (non-hydrogen) atoms. The lowest BCUT2D eigenvalue weighted by molar-refractivity contribution is 0.572. The molecule has 0 bridgehead atoms. The Kier molecular flexibility index (Phi) is 2.90. The molecule has 0 aromatic carbocycles. The molecule has 1 aromatic rings. The van der Waals surface area contributed by atoms with Crippen LogP contribution in [0.5, 0.6) is 0 Å². The van der Waals surface area contributed by atoms with Crippen LogP contribution in [0.1, 0.15) is 20.3 Å². The van der Waals surface area contributed by atoms with E-state index in [1.54, 1.807) is 0 Å². The third kappa shape index (κ3) is 2.42. The van der Waals surface area contributed by atoms with Gasteiger partial charge in [-0.25, -0.2) is 9.97 Å². The summed E-state index contributed by atoms with van der Waals surface area (Å²) in [5, 5.41) is 3.74. The highest BCUT2D eigenvalue weighted by Gasteiger charge is 2.45. The van der Waals surface area contributed by atoms with Gasteiger partial charge in [0.25, 0.3) is 0 Å². The highest BCUT2D eigenvalue weighted by molar-refractivity contribution is 9.10. The maximum absolute atomic E-state index is 5.86. The summed E-state index contributed by atoms with van der Waals surface area (Å²) in [6.45, 7) is 5.50. The fourth-order valence-electron chi connectivity index (χ4n) is 1.62. The zero-order valence-corrected chi connectivity index (χ0v) is 11.1. The van der Waals surface area contributed by atoms with E-state index in [-0.39, 0.29) is 0 Å². The van der Waals surface area contributed by atoms with Gasteiger partial charge in [-0.1, -0.05) is 25.4 Å². The van der Waals surface area contributed by atoms with Gasteiger partial charge in [-0.3, -0.25) is 0 Å². The number of aromatic nitrogens is 2. The van der Waals surface area contributed by atoms with Crippen molar-refractivity contribution >= 4 is 33.3 Å². The average Bonchev–Trinajstić information content (AvgIpc) is 2.77. The topological polar surface area (TPSA) is 37.8 Å². The van der Waals surface area contributed by atoms with Crippen molar-refractivity contribution < 1.29 is 0 Å². The molecule has 0 saturated heterocycles. The Bertz CT molecular complexity index is 381. The van der Waals surface area contributed by atoms with E-state index in [0.29, 0.717) is 10.6 Å². The van der Waals surface area contributed by atoms with Crippen LogP contribution in [0.25, 0.3) is 0 Å². The summed E-state index contributed by atoms with van der Waals surface area (Å²) >= 11 is 9.22. The molecule has 1 saturated carbocycles. The minimum Gasteiger partial charge on any atom is -0.369 e. The first-order valence-electron chi connectivity index (χ1n) is 4.90. The van der Waals surface area contributed by atoms with E-state index in [0.717, 1.165) is 22.8 Å². The highest BCUT2D eigenvalue weighted by atomic mass is 79.9. The monoisotopic (exact) mass is 289 g/mol. The van der Waals surface area contributed by atoms with E-state index in [1.807, 2.05) is 0 Å². The number of nitrogens with one attached hydrogen (secondary N) is 1. The third-order valence-electron chi connectivity index (χ3n) is 2.98. The Morgan fingerprint density at radius 1 is 1.60 bits per heavy atom. The number of nitrogens with zero attached hydrogens (tertiary/aromatic N) is 2. The van der Waals surface area contributed by atoms with Gasteiger partial charge in [0.2, 0.25) is 0 Å². The summed E-state index contributed by atoms with van der Waals surface area (Å²) in [6.07, 6.45) is 2.74. The number of anilines is 1. The molecule has 1 heterocycles. The number of halogens is 2. The maximum Gasteiger partial charge on any atom is 0.148 e. The van der Waals surface area contributed by atoms with Crippen molar-refractivity contribution in [3.8, 4) is 0 Å². The van der Waals surface area contributed by atoms with E-state index in [1.165, 1.54) is 12.7 Å². The van der Waals surface area contributed by atoms with Crippen LogP contribution in [0.15, 0.2) is 10.8 Å². The molecule has 5 heteroatoms. The molecule has 3 nitrogen and oxygen atoms in total. The quantitative estimate of drug-likeness (QED) is 0.868. The maximum atomic E-state index is 5.86. The first kappa shape index (κ1) is 11.1. The van der Waals surface area contributed by atoms with Crippen molar-refractivity contribution in [1.82, 2.24) is 9.97 Å². The number of rotatable bonds is 3. The second kappa shape index (κ2) is 3.91. The molecule has 1 aliphatic rings. The minimum atomic E-state index is 0.447. The van der Waals surface area contributed by atoms with Crippen LogP contribution in [-0.4, -0.2) is 16.5 Å². The van der Waals surface area contributed by atoms with Gasteiger partial charge in [0.05, 0.1) is 4.47 Å². The fraction of sp³-hybridized carbons (Fsp3) is 0.600. The van der Waals surface area contributed by atoms with Gasteiger partial charge in [-0.2, -0.15) is 0 Å². The second-order valence-electron chi connectivity index (χ2n) is 4.60. The third-order valence-corrected chi connectivity index (χ3v) is 4.25. The van der Waals surface area contributed by atoms with Gasteiger partial charge in [-0.05, 0) is 33.7 Å². The van der Waals surface area contributed by atoms with Crippen molar-refractivity contribution in [3.05, 3.63) is 16.0 Å². The first-order chi connectivity index (χ1) is 7.00. The fourth-order valence-corrected chi connectivity index (χ4v) is 2.09.